The number of hydrogen-bond acceptors (Lipinski definition) is 3. The standard InChI is InChI=1S/C15H18N2O/c1-11-5-4-8-17-15(11)10-14(16)12-6-3-7-13(9-12)18-2/h3-9,14H,10,16H2,1-2H3. The van der Waals surface area contributed by atoms with Gasteiger partial charge in [0, 0.05) is 24.4 Å². The molecule has 0 aliphatic rings. The number of rotatable bonds is 4. The quantitative estimate of drug-likeness (QED) is 0.896. The van der Waals surface area contributed by atoms with Gasteiger partial charge in [-0.05, 0) is 36.2 Å². The van der Waals surface area contributed by atoms with Gasteiger partial charge in [0.1, 0.15) is 5.75 Å². The predicted molar refractivity (Wildman–Crippen MR) is 72.6 cm³/mol. The van der Waals surface area contributed by atoms with E-state index in [0.29, 0.717) is 0 Å². The Morgan fingerprint density at radius 1 is 1.28 bits per heavy atom. The lowest BCUT2D eigenvalue weighted by Crippen LogP contribution is -2.14. The highest BCUT2D eigenvalue weighted by Crippen LogP contribution is 2.20. The molecule has 1 aromatic heterocycles. The SMILES string of the molecule is COc1cccc(C(N)Cc2ncccc2C)c1. The monoisotopic (exact) mass is 242 g/mol. The topological polar surface area (TPSA) is 48.1 Å². The van der Waals surface area contributed by atoms with E-state index in [2.05, 4.69) is 18.0 Å². The number of aryl methyl sites for hydroxylation is 1. The lowest BCUT2D eigenvalue weighted by atomic mass is 10.0. The van der Waals surface area contributed by atoms with Crippen LogP contribution in [-0.4, -0.2) is 12.1 Å². The molecule has 0 fully saturated rings. The number of nitrogens with zero attached hydrogens (tertiary/aromatic N) is 1. The normalized spacial score (nSPS) is 12.2. The maximum atomic E-state index is 6.22. The average Bonchev–Trinajstić information content (AvgIpc) is 2.41. The van der Waals surface area contributed by atoms with Crippen LogP contribution < -0.4 is 10.5 Å². The van der Waals surface area contributed by atoms with Gasteiger partial charge in [0.15, 0.2) is 0 Å². The summed E-state index contributed by atoms with van der Waals surface area (Å²) in [5.41, 5.74) is 9.52. The first-order valence-electron chi connectivity index (χ1n) is 6.00. The number of methoxy groups -OCH3 is 1. The Bertz CT molecular complexity index is 525. The molecule has 1 aromatic carbocycles. The molecular weight excluding hydrogens is 224 g/mol. The van der Waals surface area contributed by atoms with E-state index in [1.807, 2.05) is 30.3 Å². The van der Waals surface area contributed by atoms with E-state index < -0.39 is 0 Å². The van der Waals surface area contributed by atoms with Gasteiger partial charge >= 0.3 is 0 Å². The van der Waals surface area contributed by atoms with Crippen LogP contribution >= 0.6 is 0 Å². The lowest BCUT2D eigenvalue weighted by molar-refractivity contribution is 0.413. The molecule has 2 N–H and O–H groups in total. The maximum Gasteiger partial charge on any atom is 0.119 e. The van der Waals surface area contributed by atoms with E-state index >= 15 is 0 Å². The maximum absolute atomic E-state index is 6.22. The molecule has 2 rings (SSSR count). The molecule has 3 heteroatoms. The van der Waals surface area contributed by atoms with Crippen molar-refractivity contribution in [3.05, 3.63) is 59.4 Å². The Labute approximate surface area is 108 Å². The highest BCUT2D eigenvalue weighted by molar-refractivity contribution is 5.31. The highest BCUT2D eigenvalue weighted by atomic mass is 16.5. The van der Waals surface area contributed by atoms with Crippen LogP contribution in [0.4, 0.5) is 0 Å². The van der Waals surface area contributed by atoms with Gasteiger partial charge in [-0.25, -0.2) is 0 Å². The molecular formula is C15H18N2O. The van der Waals surface area contributed by atoms with Crippen molar-refractivity contribution >= 4 is 0 Å². The van der Waals surface area contributed by atoms with Gasteiger partial charge in [-0.2, -0.15) is 0 Å². The molecule has 94 valence electrons. The summed E-state index contributed by atoms with van der Waals surface area (Å²) in [6.45, 7) is 2.06. The van der Waals surface area contributed by atoms with Crippen molar-refractivity contribution in [1.82, 2.24) is 4.98 Å². The van der Waals surface area contributed by atoms with Crippen molar-refractivity contribution < 1.29 is 4.74 Å². The molecule has 18 heavy (non-hydrogen) atoms. The van der Waals surface area contributed by atoms with E-state index in [4.69, 9.17) is 10.5 Å². The van der Waals surface area contributed by atoms with Crippen molar-refractivity contribution in [2.75, 3.05) is 7.11 Å². The predicted octanol–water partition coefficient (Wildman–Crippen LogP) is 2.64. The zero-order chi connectivity index (χ0) is 13.0. The summed E-state index contributed by atoms with van der Waals surface area (Å²) in [6, 6.07) is 11.8. The van der Waals surface area contributed by atoms with Gasteiger partial charge in [-0.1, -0.05) is 18.2 Å². The molecule has 0 amide bonds. The van der Waals surface area contributed by atoms with E-state index in [9.17, 15) is 0 Å². The molecule has 0 aliphatic carbocycles. The molecule has 2 aromatic rings. The van der Waals surface area contributed by atoms with Crippen LogP contribution in [0.5, 0.6) is 5.75 Å². The minimum atomic E-state index is -0.0614. The summed E-state index contributed by atoms with van der Waals surface area (Å²) in [6.07, 6.45) is 2.54. The minimum absolute atomic E-state index is 0.0614. The number of benzene rings is 1. The molecule has 0 saturated carbocycles. The van der Waals surface area contributed by atoms with Crippen LogP contribution in [0.1, 0.15) is 22.9 Å². The molecule has 0 bridgehead atoms. The molecule has 0 radical (unpaired) electrons. The molecule has 0 aliphatic heterocycles. The van der Waals surface area contributed by atoms with E-state index in [1.54, 1.807) is 13.3 Å². The molecule has 3 nitrogen and oxygen atoms in total. The largest absolute Gasteiger partial charge is 0.497 e. The van der Waals surface area contributed by atoms with Crippen molar-refractivity contribution in [3.8, 4) is 5.75 Å². The van der Waals surface area contributed by atoms with Gasteiger partial charge < -0.3 is 10.5 Å². The third kappa shape index (κ3) is 2.87. The summed E-state index contributed by atoms with van der Waals surface area (Å²) in [5.74, 6) is 0.834. The molecule has 0 saturated heterocycles. The Morgan fingerprint density at radius 2 is 2.11 bits per heavy atom. The van der Waals surface area contributed by atoms with Crippen LogP contribution in [0.15, 0.2) is 42.6 Å². The second kappa shape index (κ2) is 5.65. The second-order valence-electron chi connectivity index (χ2n) is 4.35. The molecule has 1 heterocycles. The van der Waals surface area contributed by atoms with Crippen LogP contribution in [0, 0.1) is 6.92 Å². The molecule has 1 atom stereocenters. The van der Waals surface area contributed by atoms with E-state index in [1.165, 1.54) is 5.56 Å². The van der Waals surface area contributed by atoms with Gasteiger partial charge in [0.05, 0.1) is 7.11 Å². The number of nitrogens with two attached hydrogens (primary N) is 1. The fourth-order valence-corrected chi connectivity index (χ4v) is 1.93. The zero-order valence-corrected chi connectivity index (χ0v) is 10.8. The van der Waals surface area contributed by atoms with Crippen molar-refractivity contribution in [2.24, 2.45) is 5.73 Å². The molecule has 1 unspecified atom stereocenters. The van der Waals surface area contributed by atoms with E-state index in [0.717, 1.165) is 23.4 Å². The first kappa shape index (κ1) is 12.6. The summed E-state index contributed by atoms with van der Waals surface area (Å²) < 4.78 is 5.21. The second-order valence-corrected chi connectivity index (χ2v) is 4.35. The Hall–Kier alpha value is -1.87. The fourth-order valence-electron chi connectivity index (χ4n) is 1.93. The average molecular weight is 242 g/mol. The van der Waals surface area contributed by atoms with Gasteiger partial charge in [0.2, 0.25) is 0 Å². The van der Waals surface area contributed by atoms with Gasteiger partial charge in [0.25, 0.3) is 0 Å². The van der Waals surface area contributed by atoms with Crippen LogP contribution in [0.25, 0.3) is 0 Å². The van der Waals surface area contributed by atoms with E-state index in [-0.39, 0.29) is 6.04 Å². The first-order valence-corrected chi connectivity index (χ1v) is 6.00. The van der Waals surface area contributed by atoms with Crippen LogP contribution in [0.3, 0.4) is 0 Å². The smallest absolute Gasteiger partial charge is 0.119 e. The fraction of sp³-hybridized carbons (Fsp3) is 0.267. The third-order valence-corrected chi connectivity index (χ3v) is 3.05. The first-order chi connectivity index (χ1) is 8.70. The Morgan fingerprint density at radius 3 is 2.83 bits per heavy atom. The number of hydrogen-bond donors (Lipinski definition) is 1. The summed E-state index contributed by atoms with van der Waals surface area (Å²) >= 11 is 0. The van der Waals surface area contributed by atoms with Crippen LogP contribution in [0.2, 0.25) is 0 Å². The molecule has 0 spiro atoms. The number of ether oxygens (including phenoxy) is 1. The minimum Gasteiger partial charge on any atom is -0.497 e. The number of aromatic nitrogens is 1. The van der Waals surface area contributed by atoms with Gasteiger partial charge in [-0.15, -0.1) is 0 Å². The Balaban J connectivity index is 2.16. The van der Waals surface area contributed by atoms with Crippen molar-refractivity contribution in [2.45, 2.75) is 19.4 Å². The van der Waals surface area contributed by atoms with Crippen molar-refractivity contribution in [3.63, 3.8) is 0 Å². The number of pyridine rings is 1. The van der Waals surface area contributed by atoms with Gasteiger partial charge in [-0.3, -0.25) is 4.98 Å². The lowest BCUT2D eigenvalue weighted by Gasteiger charge is -2.14. The zero-order valence-electron chi connectivity index (χ0n) is 10.8. The summed E-state index contributed by atoms with van der Waals surface area (Å²) in [7, 11) is 1.66. The highest BCUT2D eigenvalue weighted by Gasteiger charge is 2.10. The summed E-state index contributed by atoms with van der Waals surface area (Å²) in [5, 5.41) is 0. The third-order valence-electron chi connectivity index (χ3n) is 3.05. The van der Waals surface area contributed by atoms with Crippen molar-refractivity contribution in [1.29, 1.82) is 0 Å². The van der Waals surface area contributed by atoms with Crippen LogP contribution in [-0.2, 0) is 6.42 Å². The summed E-state index contributed by atoms with van der Waals surface area (Å²) in [4.78, 5) is 4.38. The Kier molecular flexibility index (Phi) is 3.95.